The first-order chi connectivity index (χ1) is 13.7. The molecule has 2 aromatic carbocycles. The molecule has 3 N–H and O–H groups in total. The van der Waals surface area contributed by atoms with Crippen LogP contribution in [0.15, 0.2) is 63.6 Å². The van der Waals surface area contributed by atoms with Crippen molar-refractivity contribution in [2.75, 3.05) is 0 Å². The lowest BCUT2D eigenvalue weighted by Gasteiger charge is -2.24. The summed E-state index contributed by atoms with van der Waals surface area (Å²) in [5.41, 5.74) is 0.504. The third kappa shape index (κ3) is 6.43. The van der Waals surface area contributed by atoms with Gasteiger partial charge < -0.3 is 14.9 Å². The van der Waals surface area contributed by atoms with E-state index in [0.29, 0.717) is 8.95 Å². The standard InChI is InChI=1S/C20H17Br2NO6/c1-11(7-8-16(24)25)18(14-9-13(21)10-15(22)17(14)26)29-20(28)23-19(27)12-5-3-2-4-6-12/h2-11,18,26H,1H3,(H,24,25)(H,23,27,28)/b8-7+/t11-,18+/m0/s1. The molecule has 0 aromatic heterocycles. The van der Waals surface area contributed by atoms with Crippen molar-refractivity contribution in [3.05, 3.63) is 74.7 Å². The molecule has 9 heteroatoms. The summed E-state index contributed by atoms with van der Waals surface area (Å²) in [4.78, 5) is 35.3. The number of carbonyl (C=O) groups is 3. The number of phenolic OH excluding ortho intramolecular Hbond substituents is 1. The highest BCUT2D eigenvalue weighted by Crippen LogP contribution is 2.39. The van der Waals surface area contributed by atoms with Crippen molar-refractivity contribution in [1.82, 2.24) is 5.32 Å². The molecule has 0 radical (unpaired) electrons. The fourth-order valence-corrected chi connectivity index (χ4v) is 3.75. The minimum Gasteiger partial charge on any atom is -0.506 e. The molecule has 0 aliphatic rings. The number of hydrogen-bond acceptors (Lipinski definition) is 5. The van der Waals surface area contributed by atoms with Gasteiger partial charge in [0.15, 0.2) is 0 Å². The van der Waals surface area contributed by atoms with Crippen molar-refractivity contribution in [1.29, 1.82) is 0 Å². The third-order valence-corrected chi connectivity index (χ3v) is 4.93. The number of alkyl carbamates (subject to hydrolysis) is 1. The number of carbonyl (C=O) groups excluding carboxylic acids is 2. The number of carboxylic acid groups (broad SMARTS) is 1. The van der Waals surface area contributed by atoms with Crippen LogP contribution in [0.5, 0.6) is 5.75 Å². The molecule has 0 unspecified atom stereocenters. The van der Waals surface area contributed by atoms with Crippen molar-refractivity contribution >= 4 is 49.8 Å². The van der Waals surface area contributed by atoms with Crippen molar-refractivity contribution < 1.29 is 29.3 Å². The first-order valence-corrected chi connectivity index (χ1v) is 9.93. The zero-order valence-electron chi connectivity index (χ0n) is 15.1. The number of aromatic hydroxyl groups is 1. The van der Waals surface area contributed by atoms with Crippen LogP contribution in [0.25, 0.3) is 0 Å². The van der Waals surface area contributed by atoms with E-state index < -0.39 is 30.0 Å². The number of hydrogen-bond donors (Lipinski definition) is 3. The molecule has 2 aromatic rings. The van der Waals surface area contributed by atoms with Crippen LogP contribution in [0.1, 0.15) is 28.9 Å². The Hall–Kier alpha value is -2.65. The number of nitrogens with one attached hydrogen (secondary N) is 1. The fraction of sp³-hybridized carbons (Fsp3) is 0.150. The van der Waals surface area contributed by atoms with Gasteiger partial charge in [0.2, 0.25) is 0 Å². The minimum absolute atomic E-state index is 0.170. The summed E-state index contributed by atoms with van der Waals surface area (Å²) in [6.45, 7) is 1.62. The number of carboxylic acids is 1. The number of benzene rings is 2. The Kier molecular flexibility index (Phi) is 7.98. The third-order valence-electron chi connectivity index (χ3n) is 3.87. The summed E-state index contributed by atoms with van der Waals surface area (Å²) in [6.07, 6.45) is 0.143. The Morgan fingerprint density at radius 2 is 1.79 bits per heavy atom. The second-order valence-corrected chi connectivity index (χ2v) is 7.80. The molecule has 2 amide bonds. The van der Waals surface area contributed by atoms with Crippen molar-refractivity contribution in [3.8, 4) is 5.75 Å². The number of amides is 2. The predicted octanol–water partition coefficient (Wildman–Crippen LogP) is 4.80. The second-order valence-electron chi connectivity index (χ2n) is 6.03. The van der Waals surface area contributed by atoms with E-state index >= 15 is 0 Å². The fourth-order valence-electron chi connectivity index (χ4n) is 2.49. The first kappa shape index (κ1) is 22.6. The van der Waals surface area contributed by atoms with Crippen LogP contribution < -0.4 is 5.32 Å². The lowest BCUT2D eigenvalue weighted by molar-refractivity contribution is -0.131. The van der Waals surface area contributed by atoms with Gasteiger partial charge in [-0.25, -0.2) is 9.59 Å². The van der Waals surface area contributed by atoms with Gasteiger partial charge in [-0.05, 0) is 40.2 Å². The molecule has 0 saturated heterocycles. The number of imide groups is 1. The molecule has 0 fully saturated rings. The topological polar surface area (TPSA) is 113 Å². The summed E-state index contributed by atoms with van der Waals surface area (Å²) in [5.74, 6) is -2.62. The van der Waals surface area contributed by atoms with E-state index in [1.54, 1.807) is 37.3 Å². The molecule has 7 nitrogen and oxygen atoms in total. The van der Waals surface area contributed by atoms with Gasteiger partial charge in [0.25, 0.3) is 5.91 Å². The first-order valence-electron chi connectivity index (χ1n) is 8.35. The quantitative estimate of drug-likeness (QED) is 0.466. The molecule has 0 bridgehead atoms. The largest absolute Gasteiger partial charge is 0.506 e. The maximum Gasteiger partial charge on any atom is 0.414 e. The van der Waals surface area contributed by atoms with Gasteiger partial charge in [-0.1, -0.05) is 47.1 Å². The van der Waals surface area contributed by atoms with Gasteiger partial charge in [-0.2, -0.15) is 0 Å². The number of halogens is 2. The molecular formula is C20H17Br2NO6. The van der Waals surface area contributed by atoms with Gasteiger partial charge in [-0.3, -0.25) is 10.1 Å². The predicted molar refractivity (Wildman–Crippen MR) is 113 cm³/mol. The van der Waals surface area contributed by atoms with Crippen LogP contribution in [0.3, 0.4) is 0 Å². The highest BCUT2D eigenvalue weighted by molar-refractivity contribution is 9.11. The van der Waals surface area contributed by atoms with Gasteiger partial charge in [-0.15, -0.1) is 0 Å². The highest BCUT2D eigenvalue weighted by atomic mass is 79.9. The van der Waals surface area contributed by atoms with Crippen LogP contribution in [-0.2, 0) is 9.53 Å². The summed E-state index contributed by atoms with van der Waals surface area (Å²) in [7, 11) is 0. The van der Waals surface area contributed by atoms with Gasteiger partial charge in [0, 0.05) is 27.6 Å². The van der Waals surface area contributed by atoms with E-state index in [9.17, 15) is 19.5 Å². The number of phenols is 1. The van der Waals surface area contributed by atoms with Crippen LogP contribution in [0.2, 0.25) is 0 Å². The van der Waals surface area contributed by atoms with Gasteiger partial charge in [0.05, 0.1) is 4.47 Å². The Morgan fingerprint density at radius 1 is 1.14 bits per heavy atom. The minimum atomic E-state index is -1.17. The molecule has 0 aliphatic carbocycles. The van der Waals surface area contributed by atoms with Crippen molar-refractivity contribution in [2.45, 2.75) is 13.0 Å². The lowest BCUT2D eigenvalue weighted by Crippen LogP contribution is -2.33. The number of aliphatic carboxylic acids is 1. The molecule has 2 rings (SSSR count). The monoisotopic (exact) mass is 525 g/mol. The van der Waals surface area contributed by atoms with Crippen LogP contribution >= 0.6 is 31.9 Å². The van der Waals surface area contributed by atoms with E-state index in [1.165, 1.54) is 18.2 Å². The van der Waals surface area contributed by atoms with E-state index in [-0.39, 0.29) is 16.9 Å². The van der Waals surface area contributed by atoms with E-state index in [4.69, 9.17) is 9.84 Å². The zero-order valence-corrected chi connectivity index (χ0v) is 18.3. The molecule has 29 heavy (non-hydrogen) atoms. The molecular weight excluding hydrogens is 510 g/mol. The molecule has 0 saturated carbocycles. The normalized spacial score (nSPS) is 12.9. The summed E-state index contributed by atoms with van der Waals surface area (Å²) < 4.78 is 6.35. The van der Waals surface area contributed by atoms with Crippen LogP contribution in [-0.4, -0.2) is 28.2 Å². The summed E-state index contributed by atoms with van der Waals surface area (Å²) >= 11 is 6.51. The smallest absolute Gasteiger partial charge is 0.414 e. The maximum absolute atomic E-state index is 12.3. The van der Waals surface area contributed by atoms with E-state index in [2.05, 4.69) is 37.2 Å². The summed E-state index contributed by atoms with van der Waals surface area (Å²) in [6, 6.07) is 11.3. The van der Waals surface area contributed by atoms with Crippen LogP contribution in [0, 0.1) is 5.92 Å². The average Bonchev–Trinajstić information content (AvgIpc) is 2.67. The van der Waals surface area contributed by atoms with E-state index in [0.717, 1.165) is 6.08 Å². The number of rotatable bonds is 6. The number of ether oxygens (including phenoxy) is 1. The Labute approximate surface area is 183 Å². The van der Waals surface area contributed by atoms with Crippen molar-refractivity contribution in [3.63, 3.8) is 0 Å². The molecule has 0 spiro atoms. The Balaban J connectivity index is 2.29. The van der Waals surface area contributed by atoms with E-state index in [1.807, 2.05) is 0 Å². The second kappa shape index (κ2) is 10.2. The molecule has 152 valence electrons. The zero-order chi connectivity index (χ0) is 21.6. The SMILES string of the molecule is C[C@@H](/C=C/C(=O)O)[C@@H](OC(=O)NC(=O)c1ccccc1)c1cc(Br)cc(Br)c1O. The molecule has 0 aliphatic heterocycles. The van der Waals surface area contributed by atoms with Gasteiger partial charge in [0.1, 0.15) is 11.9 Å². The van der Waals surface area contributed by atoms with Crippen molar-refractivity contribution in [2.24, 2.45) is 5.92 Å². The lowest BCUT2D eigenvalue weighted by atomic mass is 9.96. The van der Waals surface area contributed by atoms with Crippen LogP contribution in [0.4, 0.5) is 4.79 Å². The maximum atomic E-state index is 12.3. The highest BCUT2D eigenvalue weighted by Gasteiger charge is 2.27. The van der Waals surface area contributed by atoms with Gasteiger partial charge >= 0.3 is 12.1 Å². The average molecular weight is 527 g/mol. The Morgan fingerprint density at radius 3 is 2.41 bits per heavy atom. The Bertz CT molecular complexity index is 945. The molecule has 0 heterocycles. The molecule has 2 atom stereocenters. The summed E-state index contributed by atoms with van der Waals surface area (Å²) in [5, 5.41) is 21.4.